The van der Waals surface area contributed by atoms with Gasteiger partial charge in [0, 0.05) is 18.0 Å². The van der Waals surface area contributed by atoms with Crippen LogP contribution in [0.15, 0.2) is 52.7 Å². The average molecular weight is 301 g/mol. The molecule has 0 bridgehead atoms. The van der Waals surface area contributed by atoms with Crippen molar-refractivity contribution in [2.24, 2.45) is 0 Å². The van der Waals surface area contributed by atoms with E-state index in [9.17, 15) is 9.18 Å². The summed E-state index contributed by atoms with van der Waals surface area (Å²) in [6.07, 6.45) is 5.03. The third kappa shape index (κ3) is 2.67. The predicted molar refractivity (Wildman–Crippen MR) is 81.1 cm³/mol. The highest BCUT2D eigenvalue weighted by atomic mass is 32.2. The first-order chi connectivity index (χ1) is 10.2. The fourth-order valence-corrected chi connectivity index (χ4v) is 2.43. The molecular formula is C15H12FN3OS. The molecular weight excluding hydrogens is 289 g/mol. The van der Waals surface area contributed by atoms with Gasteiger partial charge in [-0.3, -0.25) is 4.79 Å². The Labute approximate surface area is 124 Å². The van der Waals surface area contributed by atoms with Gasteiger partial charge in [0.25, 0.3) is 5.56 Å². The van der Waals surface area contributed by atoms with E-state index in [4.69, 9.17) is 0 Å². The minimum Gasteiger partial charge on any atom is -0.310 e. The van der Waals surface area contributed by atoms with Crippen LogP contribution in [-0.4, -0.2) is 20.8 Å². The largest absolute Gasteiger partial charge is 0.310 e. The molecule has 3 aromatic rings. The van der Waals surface area contributed by atoms with Crippen molar-refractivity contribution in [2.45, 2.75) is 11.7 Å². The number of benzene rings is 1. The standard InChI is InChI=1S/C15H12FN3OS/c1-21-15-17-8-11-13(18-15)6-7-19(14(11)20)9-10-4-2-3-5-12(10)16/h2-8H,9H2,1H3. The molecule has 0 amide bonds. The maximum atomic E-state index is 13.7. The van der Waals surface area contributed by atoms with Gasteiger partial charge < -0.3 is 4.57 Å². The number of fused-ring (bicyclic) bond motifs is 1. The van der Waals surface area contributed by atoms with Crippen molar-refractivity contribution in [3.8, 4) is 0 Å². The maximum absolute atomic E-state index is 13.7. The molecule has 0 spiro atoms. The number of thioether (sulfide) groups is 1. The monoisotopic (exact) mass is 301 g/mol. The zero-order chi connectivity index (χ0) is 14.8. The van der Waals surface area contributed by atoms with E-state index in [-0.39, 0.29) is 17.9 Å². The van der Waals surface area contributed by atoms with E-state index in [1.165, 1.54) is 28.6 Å². The molecule has 0 N–H and O–H groups in total. The summed E-state index contributed by atoms with van der Waals surface area (Å²) in [5, 5.41) is 1.06. The van der Waals surface area contributed by atoms with Gasteiger partial charge in [0.15, 0.2) is 5.16 Å². The lowest BCUT2D eigenvalue weighted by molar-refractivity contribution is 0.597. The second kappa shape index (κ2) is 5.65. The Morgan fingerprint density at radius 1 is 1.29 bits per heavy atom. The highest BCUT2D eigenvalue weighted by Gasteiger charge is 2.08. The molecule has 0 aliphatic carbocycles. The minimum absolute atomic E-state index is 0.186. The Morgan fingerprint density at radius 3 is 2.86 bits per heavy atom. The molecule has 0 unspecified atom stereocenters. The minimum atomic E-state index is -0.321. The number of nitrogens with zero attached hydrogens (tertiary/aromatic N) is 3. The summed E-state index contributed by atoms with van der Waals surface area (Å²) in [4.78, 5) is 20.8. The number of hydrogen-bond acceptors (Lipinski definition) is 4. The lowest BCUT2D eigenvalue weighted by Crippen LogP contribution is -2.21. The predicted octanol–water partition coefficient (Wildman–Crippen LogP) is 2.70. The zero-order valence-electron chi connectivity index (χ0n) is 11.3. The highest BCUT2D eigenvalue weighted by molar-refractivity contribution is 7.98. The molecule has 0 radical (unpaired) electrons. The summed E-state index contributed by atoms with van der Waals surface area (Å²) in [5.41, 5.74) is 0.855. The first kappa shape index (κ1) is 13.8. The third-order valence-corrected chi connectivity index (χ3v) is 3.74. The van der Waals surface area contributed by atoms with E-state index >= 15 is 0 Å². The zero-order valence-corrected chi connectivity index (χ0v) is 12.1. The number of aromatic nitrogens is 3. The summed E-state index contributed by atoms with van der Waals surface area (Å²) >= 11 is 1.42. The summed E-state index contributed by atoms with van der Waals surface area (Å²) in [6.45, 7) is 0.186. The Balaban J connectivity index is 2.07. The van der Waals surface area contributed by atoms with E-state index in [2.05, 4.69) is 9.97 Å². The molecule has 6 heteroatoms. The topological polar surface area (TPSA) is 47.8 Å². The highest BCUT2D eigenvalue weighted by Crippen LogP contribution is 2.13. The molecule has 0 atom stereocenters. The average Bonchev–Trinajstić information content (AvgIpc) is 2.51. The lowest BCUT2D eigenvalue weighted by Gasteiger charge is -2.08. The molecule has 4 nitrogen and oxygen atoms in total. The molecule has 0 aliphatic heterocycles. The lowest BCUT2D eigenvalue weighted by atomic mass is 10.2. The van der Waals surface area contributed by atoms with Crippen molar-refractivity contribution in [1.29, 1.82) is 0 Å². The van der Waals surface area contributed by atoms with Crippen LogP contribution in [0.3, 0.4) is 0 Å². The number of rotatable bonds is 3. The van der Waals surface area contributed by atoms with Gasteiger partial charge in [0.1, 0.15) is 5.82 Å². The maximum Gasteiger partial charge on any atom is 0.261 e. The van der Waals surface area contributed by atoms with Crippen LogP contribution in [0.25, 0.3) is 10.9 Å². The fraction of sp³-hybridized carbons (Fsp3) is 0.133. The van der Waals surface area contributed by atoms with Gasteiger partial charge >= 0.3 is 0 Å². The van der Waals surface area contributed by atoms with Crippen LogP contribution in [0.5, 0.6) is 0 Å². The number of pyridine rings is 1. The Morgan fingerprint density at radius 2 is 2.10 bits per heavy atom. The van der Waals surface area contributed by atoms with Gasteiger partial charge in [-0.05, 0) is 18.4 Å². The Hall–Kier alpha value is -2.21. The smallest absolute Gasteiger partial charge is 0.261 e. The van der Waals surface area contributed by atoms with E-state index in [0.717, 1.165) is 0 Å². The Kier molecular flexibility index (Phi) is 3.70. The van der Waals surface area contributed by atoms with Crippen LogP contribution < -0.4 is 5.56 Å². The van der Waals surface area contributed by atoms with Crippen molar-refractivity contribution < 1.29 is 4.39 Å². The van der Waals surface area contributed by atoms with Gasteiger partial charge in [-0.1, -0.05) is 30.0 Å². The van der Waals surface area contributed by atoms with Gasteiger partial charge in [0.2, 0.25) is 0 Å². The molecule has 2 aromatic heterocycles. The van der Waals surface area contributed by atoms with E-state index in [1.54, 1.807) is 30.5 Å². The van der Waals surface area contributed by atoms with Crippen molar-refractivity contribution in [3.63, 3.8) is 0 Å². The summed E-state index contributed by atoms with van der Waals surface area (Å²) in [6, 6.07) is 8.17. The molecule has 21 heavy (non-hydrogen) atoms. The second-order valence-corrected chi connectivity index (χ2v) is 5.27. The SMILES string of the molecule is CSc1ncc2c(=O)n(Cc3ccccc3F)ccc2n1. The van der Waals surface area contributed by atoms with Crippen LogP contribution in [0, 0.1) is 5.82 Å². The second-order valence-electron chi connectivity index (χ2n) is 4.50. The molecule has 0 saturated carbocycles. The van der Waals surface area contributed by atoms with Crippen molar-refractivity contribution in [2.75, 3.05) is 6.26 Å². The first-order valence-corrected chi connectivity index (χ1v) is 7.55. The van der Waals surface area contributed by atoms with Crippen molar-refractivity contribution in [1.82, 2.24) is 14.5 Å². The van der Waals surface area contributed by atoms with Crippen LogP contribution in [0.1, 0.15) is 5.56 Å². The summed E-state index contributed by atoms with van der Waals surface area (Å²) < 4.78 is 15.1. The Bertz CT molecular complexity index is 863. The molecule has 1 aromatic carbocycles. The third-order valence-electron chi connectivity index (χ3n) is 3.18. The van der Waals surface area contributed by atoms with Crippen LogP contribution in [0.2, 0.25) is 0 Å². The van der Waals surface area contributed by atoms with E-state index < -0.39 is 0 Å². The van der Waals surface area contributed by atoms with Gasteiger partial charge in [0.05, 0.1) is 17.4 Å². The molecule has 106 valence electrons. The number of halogens is 1. The quantitative estimate of drug-likeness (QED) is 0.551. The normalized spacial score (nSPS) is 11.0. The molecule has 0 aliphatic rings. The summed E-state index contributed by atoms with van der Waals surface area (Å²) in [7, 11) is 0. The van der Waals surface area contributed by atoms with Gasteiger partial charge in [-0.2, -0.15) is 0 Å². The summed E-state index contributed by atoms with van der Waals surface area (Å²) in [5.74, 6) is -0.321. The van der Waals surface area contributed by atoms with Crippen molar-refractivity contribution in [3.05, 3.63) is 64.5 Å². The van der Waals surface area contributed by atoms with E-state index in [1.807, 2.05) is 6.26 Å². The van der Waals surface area contributed by atoms with Crippen LogP contribution in [-0.2, 0) is 6.54 Å². The molecule has 2 heterocycles. The number of hydrogen-bond donors (Lipinski definition) is 0. The van der Waals surface area contributed by atoms with Crippen LogP contribution >= 0.6 is 11.8 Å². The van der Waals surface area contributed by atoms with Gasteiger partial charge in [-0.15, -0.1) is 0 Å². The van der Waals surface area contributed by atoms with Crippen molar-refractivity contribution >= 4 is 22.7 Å². The molecule has 0 fully saturated rings. The van der Waals surface area contributed by atoms with Gasteiger partial charge in [-0.25, -0.2) is 14.4 Å². The van der Waals surface area contributed by atoms with E-state index in [0.29, 0.717) is 21.6 Å². The molecule has 0 saturated heterocycles. The first-order valence-electron chi connectivity index (χ1n) is 6.32. The molecule has 3 rings (SSSR count). The van der Waals surface area contributed by atoms with Crippen LogP contribution in [0.4, 0.5) is 4.39 Å². The fourth-order valence-electron chi connectivity index (χ4n) is 2.09.